The molecule has 0 aromatic carbocycles. The summed E-state index contributed by atoms with van der Waals surface area (Å²) in [7, 11) is 0. The smallest absolute Gasteiger partial charge is 0.307 e. The fraction of sp³-hybridized carbons (Fsp3) is 0.700. The summed E-state index contributed by atoms with van der Waals surface area (Å²) in [5, 5.41) is 11.1. The molecule has 1 saturated heterocycles. The van der Waals surface area contributed by atoms with Gasteiger partial charge in [-0.3, -0.25) is 24.6 Å². The molecule has 90 valence electrons. The van der Waals surface area contributed by atoms with E-state index in [1.54, 1.807) is 25.7 Å². The molecule has 0 aromatic rings. The van der Waals surface area contributed by atoms with Crippen molar-refractivity contribution in [3.8, 4) is 0 Å². The molecule has 2 amide bonds. The minimum atomic E-state index is -0.932. The van der Waals surface area contributed by atoms with Crippen LogP contribution in [-0.2, 0) is 14.4 Å². The third-order valence-electron chi connectivity index (χ3n) is 3.10. The molecule has 6 nitrogen and oxygen atoms in total. The Balaban J connectivity index is 2.81. The molecule has 2 N–H and O–H groups in total. The zero-order chi connectivity index (χ0) is 12.5. The lowest BCUT2D eigenvalue weighted by Gasteiger charge is -2.37. The van der Waals surface area contributed by atoms with Crippen molar-refractivity contribution in [2.75, 3.05) is 6.54 Å². The van der Waals surface area contributed by atoms with Gasteiger partial charge in [0.2, 0.25) is 11.8 Å². The Morgan fingerprint density at radius 2 is 2.06 bits per heavy atom. The van der Waals surface area contributed by atoms with Gasteiger partial charge in [-0.2, -0.15) is 0 Å². The predicted molar refractivity (Wildman–Crippen MR) is 55.6 cm³/mol. The van der Waals surface area contributed by atoms with E-state index < -0.39 is 17.9 Å². The highest BCUT2D eigenvalue weighted by molar-refractivity contribution is 6.00. The zero-order valence-corrected chi connectivity index (χ0v) is 9.56. The zero-order valence-electron chi connectivity index (χ0n) is 9.56. The van der Waals surface area contributed by atoms with Crippen LogP contribution in [0.5, 0.6) is 0 Å². The van der Waals surface area contributed by atoms with Crippen molar-refractivity contribution in [1.29, 1.82) is 0 Å². The van der Waals surface area contributed by atoms with E-state index in [0.717, 1.165) is 0 Å². The van der Waals surface area contributed by atoms with Gasteiger partial charge in [-0.1, -0.05) is 6.92 Å². The number of carboxylic acids is 1. The van der Waals surface area contributed by atoms with Crippen LogP contribution in [0.15, 0.2) is 0 Å². The van der Waals surface area contributed by atoms with Crippen LogP contribution in [0.2, 0.25) is 0 Å². The number of rotatable bonds is 3. The lowest BCUT2D eigenvalue weighted by atomic mass is 9.99. The first-order valence-corrected chi connectivity index (χ1v) is 5.16. The molecule has 3 atom stereocenters. The summed E-state index contributed by atoms with van der Waals surface area (Å²) in [5.74, 6) is -2.31. The van der Waals surface area contributed by atoms with Crippen LogP contribution in [0.4, 0.5) is 0 Å². The first kappa shape index (κ1) is 12.6. The highest BCUT2D eigenvalue weighted by Crippen LogP contribution is 2.16. The molecular weight excluding hydrogens is 212 g/mol. The second-order valence-corrected chi connectivity index (χ2v) is 4.13. The molecule has 1 aliphatic heterocycles. The number of hydrogen-bond acceptors (Lipinski definition) is 4. The van der Waals surface area contributed by atoms with Crippen LogP contribution >= 0.6 is 0 Å². The van der Waals surface area contributed by atoms with Gasteiger partial charge in [0.05, 0.1) is 18.5 Å². The number of amides is 2. The standard InChI is InChI=1S/C10H16N2O4/c1-5(10(15)16)6(2)12-4-8(13)11-9(14)7(12)3/h5-7H,4H2,1-3H3,(H,15,16)(H,11,13,14). The van der Waals surface area contributed by atoms with Gasteiger partial charge in [-0.05, 0) is 13.8 Å². The van der Waals surface area contributed by atoms with Crippen molar-refractivity contribution < 1.29 is 19.5 Å². The lowest BCUT2D eigenvalue weighted by Crippen LogP contribution is -2.60. The van der Waals surface area contributed by atoms with Crippen LogP contribution in [0.25, 0.3) is 0 Å². The predicted octanol–water partition coefficient (Wildman–Crippen LogP) is -0.557. The van der Waals surface area contributed by atoms with Crippen molar-refractivity contribution in [3.05, 3.63) is 0 Å². The van der Waals surface area contributed by atoms with E-state index in [1.165, 1.54) is 0 Å². The van der Waals surface area contributed by atoms with Gasteiger partial charge < -0.3 is 5.11 Å². The largest absolute Gasteiger partial charge is 0.481 e. The van der Waals surface area contributed by atoms with E-state index >= 15 is 0 Å². The Kier molecular flexibility index (Phi) is 3.64. The lowest BCUT2D eigenvalue weighted by molar-refractivity contribution is -0.149. The highest BCUT2D eigenvalue weighted by Gasteiger charge is 2.36. The number of aliphatic carboxylic acids is 1. The maximum Gasteiger partial charge on any atom is 0.307 e. The maximum absolute atomic E-state index is 11.4. The SMILES string of the molecule is CC(C(=O)O)C(C)N1CC(=O)NC(=O)C1C. The molecule has 0 aromatic heterocycles. The number of carbonyl (C=O) groups excluding carboxylic acids is 2. The molecule has 1 aliphatic rings. The van der Waals surface area contributed by atoms with Crippen LogP contribution in [0.3, 0.4) is 0 Å². The molecule has 1 fully saturated rings. The number of nitrogens with one attached hydrogen (secondary N) is 1. The topological polar surface area (TPSA) is 86.7 Å². The van der Waals surface area contributed by atoms with Gasteiger partial charge in [-0.15, -0.1) is 0 Å². The third kappa shape index (κ3) is 2.38. The Bertz CT molecular complexity index is 329. The van der Waals surface area contributed by atoms with Gasteiger partial charge >= 0.3 is 5.97 Å². The van der Waals surface area contributed by atoms with Crippen molar-refractivity contribution in [2.45, 2.75) is 32.9 Å². The van der Waals surface area contributed by atoms with E-state index in [2.05, 4.69) is 5.32 Å². The fourth-order valence-electron chi connectivity index (χ4n) is 1.72. The average Bonchev–Trinajstić information content (AvgIpc) is 2.21. The normalized spacial score (nSPS) is 26.1. The van der Waals surface area contributed by atoms with Gasteiger partial charge in [-0.25, -0.2) is 0 Å². The van der Waals surface area contributed by atoms with Crippen LogP contribution < -0.4 is 5.32 Å². The van der Waals surface area contributed by atoms with Gasteiger partial charge in [0.25, 0.3) is 0 Å². The van der Waals surface area contributed by atoms with Crippen molar-refractivity contribution in [1.82, 2.24) is 10.2 Å². The van der Waals surface area contributed by atoms with E-state index in [1.807, 2.05) is 0 Å². The maximum atomic E-state index is 11.4. The molecular formula is C10H16N2O4. The Hall–Kier alpha value is -1.43. The molecule has 16 heavy (non-hydrogen) atoms. The molecule has 3 unspecified atom stereocenters. The molecule has 0 aliphatic carbocycles. The van der Waals surface area contributed by atoms with Crippen LogP contribution in [0.1, 0.15) is 20.8 Å². The Morgan fingerprint density at radius 3 is 2.56 bits per heavy atom. The second kappa shape index (κ2) is 4.61. The minimum Gasteiger partial charge on any atom is -0.481 e. The summed E-state index contributed by atoms with van der Waals surface area (Å²) in [6.07, 6.45) is 0. The van der Waals surface area contributed by atoms with E-state index in [9.17, 15) is 14.4 Å². The van der Waals surface area contributed by atoms with Crippen molar-refractivity contribution >= 4 is 17.8 Å². The summed E-state index contributed by atoms with van der Waals surface area (Å²) in [5.41, 5.74) is 0. The third-order valence-corrected chi connectivity index (χ3v) is 3.10. The number of piperazine rings is 1. The first-order chi connectivity index (χ1) is 7.34. The summed E-state index contributed by atoms with van der Waals surface area (Å²) >= 11 is 0. The van der Waals surface area contributed by atoms with E-state index in [-0.39, 0.29) is 24.4 Å². The summed E-state index contributed by atoms with van der Waals surface area (Å²) in [4.78, 5) is 35.0. The number of hydrogen-bond donors (Lipinski definition) is 2. The molecule has 0 spiro atoms. The quantitative estimate of drug-likeness (QED) is 0.632. The van der Waals surface area contributed by atoms with Gasteiger partial charge in [0, 0.05) is 6.04 Å². The summed E-state index contributed by atoms with van der Waals surface area (Å²) < 4.78 is 0. The second-order valence-electron chi connectivity index (χ2n) is 4.13. The number of carbonyl (C=O) groups is 3. The molecule has 0 saturated carbocycles. The van der Waals surface area contributed by atoms with Crippen LogP contribution in [-0.4, -0.2) is 46.4 Å². The highest BCUT2D eigenvalue weighted by atomic mass is 16.4. The first-order valence-electron chi connectivity index (χ1n) is 5.16. The van der Waals surface area contributed by atoms with Gasteiger partial charge in [0.1, 0.15) is 0 Å². The summed E-state index contributed by atoms with van der Waals surface area (Å²) in [6.45, 7) is 5.00. The molecule has 0 bridgehead atoms. The average molecular weight is 228 g/mol. The minimum absolute atomic E-state index is 0.0612. The van der Waals surface area contributed by atoms with E-state index in [4.69, 9.17) is 5.11 Å². The Morgan fingerprint density at radius 1 is 1.50 bits per heavy atom. The molecule has 1 rings (SSSR count). The monoisotopic (exact) mass is 228 g/mol. The molecule has 0 radical (unpaired) electrons. The number of nitrogens with zero attached hydrogens (tertiary/aromatic N) is 1. The van der Waals surface area contributed by atoms with Crippen molar-refractivity contribution in [2.24, 2.45) is 5.92 Å². The number of imide groups is 1. The Labute approximate surface area is 93.6 Å². The fourth-order valence-corrected chi connectivity index (χ4v) is 1.72. The van der Waals surface area contributed by atoms with Crippen LogP contribution in [0, 0.1) is 5.92 Å². The van der Waals surface area contributed by atoms with Gasteiger partial charge in [0.15, 0.2) is 0 Å². The number of carboxylic acid groups (broad SMARTS) is 1. The summed E-state index contributed by atoms with van der Waals surface area (Å²) in [6, 6.07) is -0.836. The molecule has 1 heterocycles. The van der Waals surface area contributed by atoms with Crippen molar-refractivity contribution in [3.63, 3.8) is 0 Å². The molecule has 6 heteroatoms. The van der Waals surface area contributed by atoms with E-state index in [0.29, 0.717) is 0 Å².